The van der Waals surface area contributed by atoms with E-state index in [1.54, 1.807) is 6.20 Å². The molecule has 0 radical (unpaired) electrons. The zero-order valence-corrected chi connectivity index (χ0v) is 16.4. The molecule has 0 aliphatic carbocycles. The van der Waals surface area contributed by atoms with Gasteiger partial charge in [0.1, 0.15) is 5.69 Å². The summed E-state index contributed by atoms with van der Waals surface area (Å²) in [5, 5.41) is 2.90. The van der Waals surface area contributed by atoms with Gasteiger partial charge in [-0.05, 0) is 50.2 Å². The monoisotopic (exact) mass is 381 g/mol. The van der Waals surface area contributed by atoms with Crippen molar-refractivity contribution in [2.24, 2.45) is 5.92 Å². The molecular formula is C21H27N5O2. The maximum absolute atomic E-state index is 13.1. The number of aromatic nitrogens is 3. The van der Waals surface area contributed by atoms with Crippen molar-refractivity contribution in [3.63, 3.8) is 0 Å². The van der Waals surface area contributed by atoms with Crippen molar-refractivity contribution >= 4 is 11.8 Å². The summed E-state index contributed by atoms with van der Waals surface area (Å²) < 4.78 is 1.97. The Kier molecular flexibility index (Phi) is 5.41. The lowest BCUT2D eigenvalue weighted by Crippen LogP contribution is -2.39. The molecule has 0 unspecified atom stereocenters. The summed E-state index contributed by atoms with van der Waals surface area (Å²) in [7, 11) is 0. The highest BCUT2D eigenvalue weighted by Crippen LogP contribution is 2.24. The molecule has 2 aromatic heterocycles. The number of carbonyl (C=O) groups excluding carboxylic acids is 2. The Hall–Kier alpha value is -2.70. The van der Waals surface area contributed by atoms with E-state index in [0.717, 1.165) is 63.1 Å². The highest BCUT2D eigenvalue weighted by molar-refractivity contribution is 5.97. The van der Waals surface area contributed by atoms with Crippen LogP contribution in [0.15, 0.2) is 24.4 Å². The van der Waals surface area contributed by atoms with Crippen LogP contribution in [0.2, 0.25) is 0 Å². The molecule has 1 saturated heterocycles. The fourth-order valence-corrected chi connectivity index (χ4v) is 4.00. The topological polar surface area (TPSA) is 80.1 Å². The maximum atomic E-state index is 13.1. The Morgan fingerprint density at radius 2 is 2.00 bits per heavy atom. The number of hydrogen-bond acceptors (Lipinski definition) is 4. The third-order valence-electron chi connectivity index (χ3n) is 5.75. The second kappa shape index (κ2) is 8.12. The highest BCUT2D eigenvalue weighted by Gasteiger charge is 2.31. The van der Waals surface area contributed by atoms with Gasteiger partial charge in [0.15, 0.2) is 5.82 Å². The molecule has 2 aliphatic rings. The van der Waals surface area contributed by atoms with Gasteiger partial charge in [-0.25, -0.2) is 4.98 Å². The second-order valence-corrected chi connectivity index (χ2v) is 7.82. The quantitative estimate of drug-likeness (QED) is 0.882. The summed E-state index contributed by atoms with van der Waals surface area (Å²) in [6.45, 7) is 4.86. The molecule has 7 heteroatoms. The summed E-state index contributed by atoms with van der Waals surface area (Å²) in [5.41, 5.74) is 2.07. The Morgan fingerprint density at radius 3 is 2.75 bits per heavy atom. The maximum Gasteiger partial charge on any atom is 0.289 e. The minimum absolute atomic E-state index is 0.0428. The van der Waals surface area contributed by atoms with Crippen molar-refractivity contribution in [3.8, 4) is 0 Å². The average Bonchev–Trinajstić information content (AvgIpc) is 3.13. The molecule has 1 N–H and O–H groups in total. The number of fused-ring (bicyclic) bond motifs is 1. The van der Waals surface area contributed by atoms with Crippen molar-refractivity contribution in [2.45, 2.75) is 52.1 Å². The van der Waals surface area contributed by atoms with E-state index in [-0.39, 0.29) is 11.8 Å². The highest BCUT2D eigenvalue weighted by atomic mass is 16.2. The molecular weight excluding hydrogens is 354 g/mol. The first-order chi connectivity index (χ1) is 13.6. The molecule has 2 aliphatic heterocycles. The molecule has 0 atom stereocenters. The van der Waals surface area contributed by atoms with Crippen molar-refractivity contribution in [2.75, 3.05) is 13.1 Å². The number of imidazole rings is 1. The van der Waals surface area contributed by atoms with Crippen LogP contribution in [0.4, 0.5) is 0 Å². The molecule has 4 rings (SSSR count). The zero-order chi connectivity index (χ0) is 19.5. The molecule has 1 fully saturated rings. The van der Waals surface area contributed by atoms with Crippen LogP contribution in [-0.4, -0.2) is 44.3 Å². The lowest BCUT2D eigenvalue weighted by molar-refractivity contribution is 0.0678. The minimum Gasteiger partial charge on any atom is -0.345 e. The smallest absolute Gasteiger partial charge is 0.289 e. The number of amides is 2. The number of likely N-dealkylation sites (tertiary alicyclic amines) is 1. The first-order valence-corrected chi connectivity index (χ1v) is 10.2. The SMILES string of the molecule is CC1CCN(C(=O)c2nc(C(=O)NCc3ccccn3)c3n2CCCC3)CC1. The number of hydrogen-bond donors (Lipinski definition) is 1. The number of rotatable bonds is 4. The Bertz CT molecular complexity index is 853. The van der Waals surface area contributed by atoms with Gasteiger partial charge in [-0.15, -0.1) is 0 Å². The Balaban J connectivity index is 1.54. The van der Waals surface area contributed by atoms with Gasteiger partial charge < -0.3 is 14.8 Å². The van der Waals surface area contributed by atoms with E-state index in [4.69, 9.17) is 0 Å². The van der Waals surface area contributed by atoms with Crippen molar-refractivity contribution in [3.05, 3.63) is 47.3 Å². The van der Waals surface area contributed by atoms with E-state index < -0.39 is 0 Å². The van der Waals surface area contributed by atoms with Crippen LogP contribution in [0.1, 0.15) is 65.1 Å². The van der Waals surface area contributed by atoms with Gasteiger partial charge in [-0.2, -0.15) is 0 Å². The standard InChI is InChI=1S/C21H27N5O2/c1-15-8-12-25(13-9-15)21(28)19-24-18(17-7-3-5-11-26(17)19)20(27)23-14-16-6-2-4-10-22-16/h2,4,6,10,15H,3,5,7-9,11-14H2,1H3,(H,23,27). The molecule has 148 valence electrons. The predicted octanol–water partition coefficient (Wildman–Crippen LogP) is 2.42. The van der Waals surface area contributed by atoms with Crippen LogP contribution in [-0.2, 0) is 19.5 Å². The molecule has 0 aromatic carbocycles. The molecule has 7 nitrogen and oxygen atoms in total. The lowest BCUT2D eigenvalue weighted by atomic mass is 9.99. The fraction of sp³-hybridized carbons (Fsp3) is 0.524. The largest absolute Gasteiger partial charge is 0.345 e. The van der Waals surface area contributed by atoms with Crippen LogP contribution in [0.5, 0.6) is 0 Å². The van der Waals surface area contributed by atoms with Gasteiger partial charge in [0.2, 0.25) is 0 Å². The first-order valence-electron chi connectivity index (χ1n) is 10.2. The molecule has 0 bridgehead atoms. The molecule has 28 heavy (non-hydrogen) atoms. The van der Waals surface area contributed by atoms with E-state index in [1.807, 2.05) is 27.7 Å². The number of nitrogens with zero attached hydrogens (tertiary/aromatic N) is 4. The van der Waals surface area contributed by atoms with Gasteiger partial charge in [0.05, 0.1) is 17.9 Å². The van der Waals surface area contributed by atoms with Crippen LogP contribution in [0.3, 0.4) is 0 Å². The molecule has 2 amide bonds. The van der Waals surface area contributed by atoms with E-state index in [0.29, 0.717) is 24.0 Å². The first kappa shape index (κ1) is 18.7. The number of pyridine rings is 1. The van der Waals surface area contributed by atoms with Gasteiger partial charge in [0, 0.05) is 25.8 Å². The van der Waals surface area contributed by atoms with Crippen molar-refractivity contribution < 1.29 is 9.59 Å². The lowest BCUT2D eigenvalue weighted by Gasteiger charge is -2.30. The predicted molar refractivity (Wildman–Crippen MR) is 105 cm³/mol. The fourth-order valence-electron chi connectivity index (χ4n) is 4.00. The summed E-state index contributed by atoms with van der Waals surface area (Å²) in [6.07, 6.45) is 6.56. The third kappa shape index (κ3) is 3.79. The average molecular weight is 381 g/mol. The normalized spacial score (nSPS) is 17.2. The molecule has 0 spiro atoms. The van der Waals surface area contributed by atoms with Gasteiger partial charge in [-0.1, -0.05) is 13.0 Å². The Morgan fingerprint density at radius 1 is 1.18 bits per heavy atom. The van der Waals surface area contributed by atoms with E-state index >= 15 is 0 Å². The molecule has 0 saturated carbocycles. The molecule has 2 aromatic rings. The summed E-state index contributed by atoms with van der Waals surface area (Å²) in [4.78, 5) is 36.6. The summed E-state index contributed by atoms with van der Waals surface area (Å²) >= 11 is 0. The van der Waals surface area contributed by atoms with Crippen molar-refractivity contribution in [1.82, 2.24) is 24.8 Å². The number of carbonyl (C=O) groups is 2. The minimum atomic E-state index is -0.234. The molecule has 4 heterocycles. The number of piperidine rings is 1. The van der Waals surface area contributed by atoms with Gasteiger partial charge in [0.25, 0.3) is 11.8 Å². The summed E-state index contributed by atoms with van der Waals surface area (Å²) in [6, 6.07) is 5.61. The van der Waals surface area contributed by atoms with Crippen LogP contribution in [0.25, 0.3) is 0 Å². The Labute approximate surface area is 165 Å². The van der Waals surface area contributed by atoms with Crippen molar-refractivity contribution in [1.29, 1.82) is 0 Å². The second-order valence-electron chi connectivity index (χ2n) is 7.82. The number of nitrogens with one attached hydrogen (secondary N) is 1. The van der Waals surface area contributed by atoms with Gasteiger partial charge in [-0.3, -0.25) is 14.6 Å². The zero-order valence-electron chi connectivity index (χ0n) is 16.4. The van der Waals surface area contributed by atoms with Crippen LogP contribution in [0, 0.1) is 5.92 Å². The third-order valence-corrected chi connectivity index (χ3v) is 5.75. The van der Waals surface area contributed by atoms with Crippen LogP contribution >= 0.6 is 0 Å². The van der Waals surface area contributed by atoms with E-state index in [9.17, 15) is 9.59 Å². The van der Waals surface area contributed by atoms with E-state index in [1.165, 1.54) is 0 Å². The summed E-state index contributed by atoms with van der Waals surface area (Å²) in [5.74, 6) is 0.805. The van der Waals surface area contributed by atoms with Gasteiger partial charge >= 0.3 is 0 Å². The van der Waals surface area contributed by atoms with Crippen LogP contribution < -0.4 is 5.32 Å². The van der Waals surface area contributed by atoms with E-state index in [2.05, 4.69) is 22.2 Å².